The van der Waals surface area contributed by atoms with E-state index in [1.54, 1.807) is 7.11 Å². The average molecular weight is 343 g/mol. The van der Waals surface area contributed by atoms with Crippen LogP contribution in [-0.4, -0.2) is 46.5 Å². The predicted octanol–water partition coefficient (Wildman–Crippen LogP) is 2.78. The second kappa shape index (κ2) is 7.65. The molecule has 1 fully saturated rings. The minimum absolute atomic E-state index is 0.520. The van der Waals surface area contributed by atoms with Crippen LogP contribution in [0.2, 0.25) is 0 Å². The third-order valence-electron chi connectivity index (χ3n) is 4.91. The van der Waals surface area contributed by atoms with Crippen LogP contribution in [0.15, 0.2) is 17.2 Å². The van der Waals surface area contributed by atoms with Gasteiger partial charge in [-0.3, -0.25) is 0 Å². The van der Waals surface area contributed by atoms with Gasteiger partial charge in [-0.2, -0.15) is 0 Å². The Kier molecular flexibility index (Phi) is 5.99. The monoisotopic (exact) mass is 343 g/mol. The molecule has 1 radical (unpaired) electrons. The fraction of sp³-hybridized carbons (Fsp3) is 0.611. The van der Waals surface area contributed by atoms with Crippen molar-refractivity contribution in [3.63, 3.8) is 0 Å². The summed E-state index contributed by atoms with van der Waals surface area (Å²) in [6.07, 6.45) is -2.66. The van der Waals surface area contributed by atoms with E-state index in [0.717, 1.165) is 22.3 Å². The molecule has 0 aromatic heterocycles. The molecule has 0 N–H and O–H groups in total. The number of methoxy groups -OCH3 is 2. The average Bonchev–Trinajstić information content (AvgIpc) is 2.55. The summed E-state index contributed by atoms with van der Waals surface area (Å²) in [4.78, 5) is 9.14. The van der Waals surface area contributed by atoms with Crippen molar-refractivity contribution < 1.29 is 19.0 Å². The summed E-state index contributed by atoms with van der Waals surface area (Å²) in [5, 5.41) is 3.22. The van der Waals surface area contributed by atoms with E-state index in [-0.39, 0.29) is 0 Å². The SMILES string of the molecule is [B]=NOC1OC(C)C([N+]#[C-])(c2c(C)cc(C)cc2C)C(OC)C1OC. The predicted molar refractivity (Wildman–Crippen MR) is 94.1 cm³/mol. The molecule has 0 bridgehead atoms. The first-order valence-corrected chi connectivity index (χ1v) is 8.11. The molecule has 0 aliphatic carbocycles. The summed E-state index contributed by atoms with van der Waals surface area (Å²) in [7, 11) is 8.23. The molecule has 0 saturated carbocycles. The van der Waals surface area contributed by atoms with Gasteiger partial charge in [-0.25, -0.2) is 0 Å². The van der Waals surface area contributed by atoms with Crippen molar-refractivity contribution in [2.45, 2.75) is 57.8 Å². The third-order valence-corrected chi connectivity index (χ3v) is 4.91. The number of benzene rings is 1. The summed E-state index contributed by atoms with van der Waals surface area (Å²) in [6.45, 7) is 15.9. The molecule has 0 spiro atoms. The molecule has 5 atom stereocenters. The molecule has 5 unspecified atom stereocenters. The van der Waals surface area contributed by atoms with Gasteiger partial charge in [0.15, 0.2) is 0 Å². The summed E-state index contributed by atoms with van der Waals surface area (Å²) in [5.74, 6) is 0. The second-order valence-electron chi connectivity index (χ2n) is 6.43. The van der Waals surface area contributed by atoms with Gasteiger partial charge in [-0.1, -0.05) is 0 Å². The number of hydrogen-bond donors (Lipinski definition) is 0. The first-order chi connectivity index (χ1) is 11.9. The maximum absolute atomic E-state index is 8.05. The Morgan fingerprint density at radius 2 is 1.80 bits per heavy atom. The summed E-state index contributed by atoms with van der Waals surface area (Å²) in [5.41, 5.74) is 3.00. The number of nitrogens with zero attached hydrogens (tertiary/aromatic N) is 2. The van der Waals surface area contributed by atoms with E-state index in [9.17, 15) is 0 Å². The van der Waals surface area contributed by atoms with Crippen LogP contribution >= 0.6 is 0 Å². The Hall–Kier alpha value is -1.75. The second-order valence-corrected chi connectivity index (χ2v) is 6.43. The molecule has 6 nitrogen and oxygen atoms in total. The number of aryl methyl sites for hydroxylation is 3. The van der Waals surface area contributed by atoms with Crippen LogP contribution in [0.4, 0.5) is 0 Å². The van der Waals surface area contributed by atoms with E-state index in [1.807, 2.05) is 27.7 Å². The van der Waals surface area contributed by atoms with Gasteiger partial charge in [0.25, 0.3) is 0 Å². The van der Waals surface area contributed by atoms with Crippen LogP contribution in [-0.2, 0) is 24.6 Å². The Labute approximate surface area is 150 Å². The summed E-state index contributed by atoms with van der Waals surface area (Å²) < 4.78 is 17.3. The molecule has 1 heterocycles. The number of rotatable bonds is 5. The van der Waals surface area contributed by atoms with Gasteiger partial charge in [0.2, 0.25) is 0 Å². The Morgan fingerprint density at radius 3 is 2.24 bits per heavy atom. The van der Waals surface area contributed by atoms with Gasteiger partial charge >= 0.3 is 150 Å². The summed E-state index contributed by atoms with van der Waals surface area (Å²) >= 11 is 0. The first-order valence-electron chi connectivity index (χ1n) is 8.11. The van der Waals surface area contributed by atoms with Crippen LogP contribution in [0.5, 0.6) is 0 Å². The van der Waals surface area contributed by atoms with Crippen LogP contribution in [0, 0.1) is 27.3 Å². The molecular formula is C18H24BN2O4. The van der Waals surface area contributed by atoms with Gasteiger partial charge in [0, 0.05) is 0 Å². The molecule has 1 aromatic carbocycles. The fourth-order valence-corrected chi connectivity index (χ4v) is 4.07. The van der Waals surface area contributed by atoms with Gasteiger partial charge in [0.1, 0.15) is 0 Å². The topological polar surface area (TPSA) is 53.6 Å². The molecule has 7 heteroatoms. The molecule has 25 heavy (non-hydrogen) atoms. The summed E-state index contributed by atoms with van der Waals surface area (Å²) in [6, 6.07) is 4.13. The number of ether oxygens (including phenoxy) is 3. The Bertz CT molecular complexity index is 667. The van der Waals surface area contributed by atoms with Gasteiger partial charge in [0.05, 0.1) is 0 Å². The molecule has 1 aliphatic rings. The molecular weight excluding hydrogens is 319 g/mol. The van der Waals surface area contributed by atoms with Crippen LogP contribution in [0.3, 0.4) is 0 Å². The van der Waals surface area contributed by atoms with Crippen molar-refractivity contribution in [3.8, 4) is 0 Å². The van der Waals surface area contributed by atoms with E-state index < -0.39 is 30.1 Å². The van der Waals surface area contributed by atoms with E-state index in [0.29, 0.717) is 0 Å². The van der Waals surface area contributed by atoms with Crippen molar-refractivity contribution in [2.75, 3.05) is 14.2 Å². The third kappa shape index (κ3) is 3.10. The molecule has 133 valence electrons. The van der Waals surface area contributed by atoms with Gasteiger partial charge in [-0.05, 0) is 0 Å². The van der Waals surface area contributed by atoms with Gasteiger partial charge < -0.3 is 0 Å². The zero-order chi connectivity index (χ0) is 18.8. The standard InChI is InChI=1S/C18H24BN2O4/c1-10-8-11(2)14(12(3)9-10)18(20-5)13(4)24-17(25-21-19)15(22-6)16(18)23-7/h8-9,13,15-17H,1-4,6-7H3. The number of hydrogen-bond acceptors (Lipinski definition) is 5. The van der Waals surface area contributed by atoms with E-state index >= 15 is 0 Å². The fourth-order valence-electron chi connectivity index (χ4n) is 4.07. The van der Waals surface area contributed by atoms with Crippen molar-refractivity contribution in [1.82, 2.24) is 0 Å². The zero-order valence-electron chi connectivity index (χ0n) is 15.6. The van der Waals surface area contributed by atoms with Crippen molar-refractivity contribution in [3.05, 3.63) is 45.8 Å². The van der Waals surface area contributed by atoms with E-state index in [2.05, 4.69) is 22.0 Å². The van der Waals surface area contributed by atoms with Crippen LogP contribution < -0.4 is 0 Å². The van der Waals surface area contributed by atoms with E-state index in [1.165, 1.54) is 7.11 Å². The quantitative estimate of drug-likeness (QED) is 0.469. The van der Waals surface area contributed by atoms with Crippen molar-refractivity contribution in [1.29, 1.82) is 0 Å². The molecule has 1 aromatic rings. The zero-order valence-corrected chi connectivity index (χ0v) is 15.6. The minimum atomic E-state index is -1.08. The first kappa shape index (κ1) is 19.6. The van der Waals surface area contributed by atoms with E-state index in [4.69, 9.17) is 33.3 Å². The Morgan fingerprint density at radius 1 is 1.20 bits per heavy atom. The normalized spacial score (nSPS) is 32.0. The molecule has 0 amide bonds. The van der Waals surface area contributed by atoms with Crippen LogP contribution in [0.1, 0.15) is 29.2 Å². The molecule has 1 saturated heterocycles. The molecule has 1 aliphatic heterocycles. The van der Waals surface area contributed by atoms with Gasteiger partial charge in [-0.15, -0.1) is 0 Å². The Balaban J connectivity index is 2.70. The maximum atomic E-state index is 8.05. The molecule has 2 rings (SSSR count). The van der Waals surface area contributed by atoms with Crippen molar-refractivity contribution >= 4 is 7.64 Å². The van der Waals surface area contributed by atoms with Crippen molar-refractivity contribution in [2.24, 2.45) is 5.06 Å². The van der Waals surface area contributed by atoms with Crippen LogP contribution in [0.25, 0.3) is 4.85 Å².